The maximum Gasteiger partial charge on any atom is 0.306 e. The highest BCUT2D eigenvalue weighted by molar-refractivity contribution is 5.71. The van der Waals surface area contributed by atoms with Crippen LogP contribution in [0.2, 0.25) is 0 Å². The van der Waals surface area contributed by atoms with Gasteiger partial charge in [-0.3, -0.25) is 14.4 Å². The van der Waals surface area contributed by atoms with Crippen LogP contribution in [0.5, 0.6) is 0 Å². The van der Waals surface area contributed by atoms with Gasteiger partial charge in [0, 0.05) is 19.3 Å². The maximum absolute atomic E-state index is 12.8. The predicted octanol–water partition coefficient (Wildman–Crippen LogP) is 19.5. The van der Waals surface area contributed by atoms with E-state index in [0.717, 1.165) is 141 Å². The Hall–Kier alpha value is -3.93. The van der Waals surface area contributed by atoms with Crippen molar-refractivity contribution < 1.29 is 28.6 Å². The van der Waals surface area contributed by atoms with Crippen molar-refractivity contribution in [3.8, 4) is 0 Å². The molecule has 6 nitrogen and oxygen atoms in total. The lowest BCUT2D eigenvalue weighted by Crippen LogP contribution is -2.30. The highest BCUT2D eigenvalue weighted by Gasteiger charge is 2.19. The molecular weight excluding hydrogens is 865 g/mol. The molecule has 1 atom stereocenters. The molecule has 0 aromatic heterocycles. The predicted molar refractivity (Wildman–Crippen MR) is 302 cm³/mol. The normalized spacial score (nSPS) is 12.9. The van der Waals surface area contributed by atoms with Crippen LogP contribution in [-0.2, 0) is 28.6 Å². The molecule has 0 fully saturated rings. The van der Waals surface area contributed by atoms with Gasteiger partial charge in [0.2, 0.25) is 0 Å². The van der Waals surface area contributed by atoms with Crippen molar-refractivity contribution in [1.82, 2.24) is 0 Å². The zero-order chi connectivity index (χ0) is 50.7. The second-order valence-corrected chi connectivity index (χ2v) is 18.8. The molecule has 0 heterocycles. The molecular formula is C64H106O6. The summed E-state index contributed by atoms with van der Waals surface area (Å²) in [4.78, 5) is 38.1. The minimum Gasteiger partial charge on any atom is -0.462 e. The number of unbranched alkanes of at least 4 members (excludes halogenated alkanes) is 22. The van der Waals surface area contributed by atoms with Crippen molar-refractivity contribution in [1.29, 1.82) is 0 Å². The summed E-state index contributed by atoms with van der Waals surface area (Å²) in [6, 6.07) is 0. The summed E-state index contributed by atoms with van der Waals surface area (Å²) in [5.41, 5.74) is 0. The molecule has 6 heteroatoms. The maximum atomic E-state index is 12.8. The molecule has 0 aliphatic heterocycles. The van der Waals surface area contributed by atoms with E-state index in [9.17, 15) is 14.4 Å². The number of carbonyl (C=O) groups excluding carboxylic acids is 3. The molecule has 0 saturated heterocycles. The monoisotopic (exact) mass is 971 g/mol. The van der Waals surface area contributed by atoms with Crippen LogP contribution in [0.15, 0.2) is 109 Å². The van der Waals surface area contributed by atoms with Crippen LogP contribution >= 0.6 is 0 Å². The molecule has 0 spiro atoms. The summed E-state index contributed by atoms with van der Waals surface area (Å²) in [7, 11) is 0. The van der Waals surface area contributed by atoms with E-state index < -0.39 is 6.10 Å². The standard InChI is InChI=1S/C64H106O6/c1-4-7-10-13-16-19-22-25-27-28-29-30-31-32-33-34-35-36-38-39-42-45-48-51-54-57-63(66)69-60-61(59-68-62(65)56-53-50-47-44-41-24-21-18-15-12-9-6-3)70-64(67)58-55-52-49-46-43-40-37-26-23-20-17-14-11-8-5-2/h7-8,10-11,16-21,25-27,29-30,32-33,37,61H,4-6,9,12-15,22-24,28,31,34-36,38-60H2,1-3H3/b10-7-,11-8-,19-16-,20-17-,21-18-,27-25-,30-29-,33-32-,37-26-. The molecule has 70 heavy (non-hydrogen) atoms. The summed E-state index contributed by atoms with van der Waals surface area (Å²) >= 11 is 0. The summed E-state index contributed by atoms with van der Waals surface area (Å²) in [6.07, 6.45) is 77.9. The number of carbonyl (C=O) groups is 3. The van der Waals surface area contributed by atoms with Crippen LogP contribution in [0.25, 0.3) is 0 Å². The lowest BCUT2D eigenvalue weighted by molar-refractivity contribution is -0.167. The first-order chi connectivity index (χ1) is 34.5. The number of esters is 3. The second-order valence-electron chi connectivity index (χ2n) is 18.8. The number of hydrogen-bond donors (Lipinski definition) is 0. The Morgan fingerprint density at radius 1 is 0.300 bits per heavy atom. The third kappa shape index (κ3) is 55.0. The van der Waals surface area contributed by atoms with Gasteiger partial charge in [0.1, 0.15) is 13.2 Å². The third-order valence-electron chi connectivity index (χ3n) is 12.0. The molecule has 398 valence electrons. The number of rotatable bonds is 51. The molecule has 0 N–H and O–H groups in total. The Kier molecular flexibility index (Phi) is 54.4. The minimum absolute atomic E-state index is 0.0921. The Balaban J connectivity index is 4.34. The van der Waals surface area contributed by atoms with Gasteiger partial charge in [-0.15, -0.1) is 0 Å². The number of allylic oxidation sites excluding steroid dienone is 18. The Morgan fingerprint density at radius 3 is 0.886 bits per heavy atom. The average Bonchev–Trinajstić information content (AvgIpc) is 3.36. The van der Waals surface area contributed by atoms with Crippen LogP contribution < -0.4 is 0 Å². The summed E-state index contributed by atoms with van der Waals surface area (Å²) in [5, 5.41) is 0. The van der Waals surface area contributed by atoms with Crippen LogP contribution in [0.4, 0.5) is 0 Å². The molecule has 0 radical (unpaired) electrons. The van der Waals surface area contributed by atoms with E-state index in [1.54, 1.807) is 0 Å². The highest BCUT2D eigenvalue weighted by Crippen LogP contribution is 2.14. The Labute approximate surface area is 431 Å². The van der Waals surface area contributed by atoms with Crippen LogP contribution in [0.3, 0.4) is 0 Å². The summed E-state index contributed by atoms with van der Waals surface area (Å²) in [5.74, 6) is -0.924. The van der Waals surface area contributed by atoms with E-state index in [0.29, 0.717) is 19.3 Å². The average molecular weight is 972 g/mol. The lowest BCUT2D eigenvalue weighted by Gasteiger charge is -2.18. The number of ether oxygens (including phenoxy) is 3. The van der Waals surface area contributed by atoms with E-state index in [-0.39, 0.29) is 31.1 Å². The van der Waals surface area contributed by atoms with Crippen LogP contribution in [0.1, 0.15) is 258 Å². The van der Waals surface area contributed by atoms with Gasteiger partial charge < -0.3 is 14.2 Å². The van der Waals surface area contributed by atoms with Crippen LogP contribution in [-0.4, -0.2) is 37.2 Å². The molecule has 0 bridgehead atoms. The second kappa shape index (κ2) is 57.6. The molecule has 0 aliphatic rings. The van der Waals surface area contributed by atoms with Gasteiger partial charge in [-0.2, -0.15) is 0 Å². The Bertz CT molecular complexity index is 1440. The fraction of sp³-hybridized carbons (Fsp3) is 0.672. The zero-order valence-electron chi connectivity index (χ0n) is 45.5. The molecule has 0 saturated carbocycles. The molecule has 0 aliphatic carbocycles. The van der Waals surface area contributed by atoms with Gasteiger partial charge in [-0.1, -0.05) is 226 Å². The van der Waals surface area contributed by atoms with E-state index in [1.807, 2.05) is 0 Å². The smallest absolute Gasteiger partial charge is 0.306 e. The van der Waals surface area contributed by atoms with Gasteiger partial charge in [-0.05, 0) is 122 Å². The van der Waals surface area contributed by atoms with Crippen LogP contribution in [0, 0.1) is 0 Å². The minimum atomic E-state index is -0.794. The van der Waals surface area contributed by atoms with Gasteiger partial charge >= 0.3 is 17.9 Å². The van der Waals surface area contributed by atoms with Gasteiger partial charge in [0.15, 0.2) is 6.10 Å². The first kappa shape index (κ1) is 66.1. The molecule has 0 amide bonds. The van der Waals surface area contributed by atoms with E-state index >= 15 is 0 Å². The van der Waals surface area contributed by atoms with Gasteiger partial charge in [-0.25, -0.2) is 0 Å². The van der Waals surface area contributed by atoms with Crippen molar-refractivity contribution >= 4 is 17.9 Å². The first-order valence-corrected chi connectivity index (χ1v) is 28.9. The molecule has 0 rings (SSSR count). The van der Waals surface area contributed by atoms with Gasteiger partial charge in [0.25, 0.3) is 0 Å². The van der Waals surface area contributed by atoms with E-state index in [2.05, 4.69) is 130 Å². The third-order valence-corrected chi connectivity index (χ3v) is 12.0. The van der Waals surface area contributed by atoms with Crippen molar-refractivity contribution in [2.24, 2.45) is 0 Å². The quantitative estimate of drug-likeness (QED) is 0.0262. The van der Waals surface area contributed by atoms with Crippen molar-refractivity contribution in [2.75, 3.05) is 13.2 Å². The molecule has 1 unspecified atom stereocenters. The summed E-state index contributed by atoms with van der Waals surface area (Å²) in [6.45, 7) is 6.36. The van der Waals surface area contributed by atoms with E-state index in [4.69, 9.17) is 14.2 Å². The van der Waals surface area contributed by atoms with Crippen molar-refractivity contribution in [3.63, 3.8) is 0 Å². The zero-order valence-corrected chi connectivity index (χ0v) is 45.5. The van der Waals surface area contributed by atoms with E-state index in [1.165, 1.54) is 77.0 Å². The molecule has 0 aromatic rings. The number of hydrogen-bond acceptors (Lipinski definition) is 6. The molecule has 0 aromatic carbocycles. The van der Waals surface area contributed by atoms with Gasteiger partial charge in [0.05, 0.1) is 0 Å². The highest BCUT2D eigenvalue weighted by atomic mass is 16.6. The SMILES string of the molecule is CC/C=C\C/C=C\C/C=C\C/C=C\C/C=C\CCCCCCCCCCCC(=O)OCC(COC(=O)CCCCCCC/C=C\CCCCC)OC(=O)CCCCCCC/C=C\C/C=C\C/C=C\CC. The largest absolute Gasteiger partial charge is 0.462 e. The first-order valence-electron chi connectivity index (χ1n) is 28.9. The Morgan fingerprint density at radius 2 is 0.557 bits per heavy atom. The summed E-state index contributed by atoms with van der Waals surface area (Å²) < 4.78 is 16.8. The van der Waals surface area contributed by atoms with Crippen molar-refractivity contribution in [3.05, 3.63) is 109 Å². The topological polar surface area (TPSA) is 78.9 Å². The lowest BCUT2D eigenvalue weighted by atomic mass is 10.1. The van der Waals surface area contributed by atoms with Crippen molar-refractivity contribution in [2.45, 2.75) is 264 Å². The fourth-order valence-electron chi connectivity index (χ4n) is 7.71. The fourth-order valence-corrected chi connectivity index (χ4v) is 7.71.